The molecule has 0 fully saturated rings. The van der Waals surface area contributed by atoms with E-state index in [4.69, 9.17) is 0 Å². The molecule has 0 radical (unpaired) electrons. The number of nitrogens with one attached hydrogen (secondary N) is 1. The highest BCUT2D eigenvalue weighted by Crippen LogP contribution is 2.40. The number of fused-ring (bicyclic) bond motifs is 1. The van der Waals surface area contributed by atoms with E-state index in [1.54, 1.807) is 0 Å². The van der Waals surface area contributed by atoms with Crippen molar-refractivity contribution in [3.05, 3.63) is 65.2 Å². The lowest BCUT2D eigenvalue weighted by Crippen LogP contribution is -2.34. The Hall–Kier alpha value is -1.25. The van der Waals surface area contributed by atoms with Crippen molar-refractivity contribution in [1.29, 1.82) is 0 Å². The molecule has 0 amide bonds. The van der Waals surface area contributed by atoms with Crippen molar-refractivity contribution in [3.8, 4) is 0 Å². The molecule has 2 aromatic carbocycles. The van der Waals surface area contributed by atoms with Crippen LogP contribution in [0.2, 0.25) is 0 Å². The molecule has 3 rings (SSSR count). The molecular weight excluding hydrogens is 274 g/mol. The molecule has 2 unspecified atom stereocenters. The van der Waals surface area contributed by atoms with Crippen LogP contribution in [0.3, 0.4) is 0 Å². The maximum absolute atomic E-state index is 3.71. The van der Waals surface area contributed by atoms with Crippen molar-refractivity contribution in [2.75, 3.05) is 6.54 Å². The third-order valence-corrected chi connectivity index (χ3v) is 5.78. The summed E-state index contributed by atoms with van der Waals surface area (Å²) in [6, 6.07) is 18.1. The van der Waals surface area contributed by atoms with Gasteiger partial charge in [0.1, 0.15) is 0 Å². The van der Waals surface area contributed by atoms with Crippen LogP contribution in [-0.2, 0) is 6.42 Å². The zero-order chi connectivity index (χ0) is 14.7. The summed E-state index contributed by atoms with van der Waals surface area (Å²) < 4.78 is 0. The molecule has 1 N–H and O–H groups in total. The van der Waals surface area contributed by atoms with Crippen LogP contribution in [0.4, 0.5) is 0 Å². The van der Waals surface area contributed by atoms with Crippen LogP contribution in [-0.4, -0.2) is 11.8 Å². The highest BCUT2D eigenvalue weighted by Gasteiger charge is 2.29. The highest BCUT2D eigenvalue weighted by molar-refractivity contribution is 8.00. The zero-order valence-corrected chi connectivity index (χ0v) is 13.6. The first-order valence-electron chi connectivity index (χ1n) is 7.83. The van der Waals surface area contributed by atoms with Crippen molar-refractivity contribution in [3.63, 3.8) is 0 Å². The molecule has 2 atom stereocenters. The fourth-order valence-corrected chi connectivity index (χ4v) is 4.52. The summed E-state index contributed by atoms with van der Waals surface area (Å²) in [7, 11) is 0. The average molecular weight is 297 g/mol. The van der Waals surface area contributed by atoms with Gasteiger partial charge in [0.2, 0.25) is 0 Å². The van der Waals surface area contributed by atoms with Crippen LogP contribution in [0.1, 0.15) is 36.1 Å². The Morgan fingerprint density at radius 1 is 1.10 bits per heavy atom. The van der Waals surface area contributed by atoms with Gasteiger partial charge in [-0.05, 0) is 49.1 Å². The first kappa shape index (κ1) is 14.7. The predicted octanol–water partition coefficient (Wildman–Crippen LogP) is 4.75. The number of hydrogen-bond acceptors (Lipinski definition) is 2. The van der Waals surface area contributed by atoms with Gasteiger partial charge in [-0.2, -0.15) is 0 Å². The standard InChI is InChI=1S/C19H23NS/c1-3-20-19-16-10-6-5-9-15(16)12-13-18(19)21-17-11-7-4-8-14(17)2/h4-11,18-20H,3,12-13H2,1-2H3. The molecule has 2 aromatic rings. The van der Waals surface area contributed by atoms with E-state index < -0.39 is 0 Å². The maximum atomic E-state index is 3.71. The Balaban J connectivity index is 1.87. The van der Waals surface area contributed by atoms with E-state index in [-0.39, 0.29) is 0 Å². The summed E-state index contributed by atoms with van der Waals surface area (Å²) in [4.78, 5) is 1.42. The predicted molar refractivity (Wildman–Crippen MR) is 92.0 cm³/mol. The van der Waals surface area contributed by atoms with E-state index in [0.29, 0.717) is 11.3 Å². The van der Waals surface area contributed by atoms with E-state index in [1.807, 2.05) is 11.8 Å². The van der Waals surface area contributed by atoms with Gasteiger partial charge in [-0.25, -0.2) is 0 Å². The second kappa shape index (κ2) is 6.67. The van der Waals surface area contributed by atoms with Crippen molar-refractivity contribution >= 4 is 11.8 Å². The molecule has 21 heavy (non-hydrogen) atoms. The van der Waals surface area contributed by atoms with E-state index in [1.165, 1.54) is 34.4 Å². The molecule has 2 heteroatoms. The van der Waals surface area contributed by atoms with E-state index in [9.17, 15) is 0 Å². The largest absolute Gasteiger partial charge is 0.309 e. The fraction of sp³-hybridized carbons (Fsp3) is 0.368. The number of aryl methyl sites for hydroxylation is 2. The molecule has 0 bridgehead atoms. The first-order chi connectivity index (χ1) is 10.3. The molecule has 110 valence electrons. The minimum Gasteiger partial charge on any atom is -0.309 e. The third kappa shape index (κ3) is 3.17. The fourth-order valence-electron chi connectivity index (χ4n) is 3.17. The second-order valence-corrected chi connectivity index (χ2v) is 6.98. The number of hydrogen-bond donors (Lipinski definition) is 1. The van der Waals surface area contributed by atoms with Crippen LogP contribution in [0.15, 0.2) is 53.4 Å². The summed E-state index contributed by atoms with van der Waals surface area (Å²) in [6.07, 6.45) is 2.44. The van der Waals surface area contributed by atoms with Crippen LogP contribution in [0, 0.1) is 6.92 Å². The lowest BCUT2D eigenvalue weighted by Gasteiger charge is -2.34. The number of benzene rings is 2. The Bertz CT molecular complexity index is 608. The van der Waals surface area contributed by atoms with Gasteiger partial charge in [-0.15, -0.1) is 11.8 Å². The van der Waals surface area contributed by atoms with Gasteiger partial charge in [-0.1, -0.05) is 49.4 Å². The molecule has 0 spiro atoms. The van der Waals surface area contributed by atoms with Crippen LogP contribution < -0.4 is 5.32 Å². The zero-order valence-electron chi connectivity index (χ0n) is 12.8. The number of rotatable bonds is 4. The number of thioether (sulfide) groups is 1. The van der Waals surface area contributed by atoms with Crippen molar-refractivity contribution < 1.29 is 0 Å². The van der Waals surface area contributed by atoms with Gasteiger partial charge >= 0.3 is 0 Å². The Labute approximate surface area is 132 Å². The normalized spacial score (nSPS) is 21.0. The molecular formula is C19H23NS. The third-order valence-electron chi connectivity index (χ3n) is 4.26. The average Bonchev–Trinajstić information content (AvgIpc) is 2.52. The molecule has 1 aliphatic carbocycles. The first-order valence-corrected chi connectivity index (χ1v) is 8.71. The summed E-state index contributed by atoms with van der Waals surface area (Å²) in [5.41, 5.74) is 4.40. The van der Waals surface area contributed by atoms with Crippen LogP contribution >= 0.6 is 11.8 Å². The summed E-state index contributed by atoms with van der Waals surface area (Å²) in [6.45, 7) is 5.43. The van der Waals surface area contributed by atoms with Crippen molar-refractivity contribution in [2.45, 2.75) is 42.9 Å². The lowest BCUT2D eigenvalue weighted by atomic mass is 9.87. The summed E-state index contributed by atoms with van der Waals surface area (Å²) >= 11 is 2.04. The maximum Gasteiger partial charge on any atom is 0.0446 e. The van der Waals surface area contributed by atoms with E-state index in [2.05, 4.69) is 67.7 Å². The van der Waals surface area contributed by atoms with Crippen molar-refractivity contribution in [2.24, 2.45) is 0 Å². The minimum atomic E-state index is 0.463. The Morgan fingerprint density at radius 2 is 1.86 bits per heavy atom. The topological polar surface area (TPSA) is 12.0 Å². The molecule has 0 heterocycles. The van der Waals surface area contributed by atoms with Gasteiger partial charge in [0.15, 0.2) is 0 Å². The monoisotopic (exact) mass is 297 g/mol. The van der Waals surface area contributed by atoms with Gasteiger partial charge in [0.25, 0.3) is 0 Å². The molecule has 0 aliphatic heterocycles. The van der Waals surface area contributed by atoms with Crippen LogP contribution in [0.5, 0.6) is 0 Å². The highest BCUT2D eigenvalue weighted by atomic mass is 32.2. The van der Waals surface area contributed by atoms with Crippen LogP contribution in [0.25, 0.3) is 0 Å². The smallest absolute Gasteiger partial charge is 0.0446 e. The van der Waals surface area contributed by atoms with E-state index in [0.717, 1.165) is 6.54 Å². The molecule has 1 aliphatic rings. The van der Waals surface area contributed by atoms with E-state index >= 15 is 0 Å². The molecule has 0 saturated heterocycles. The van der Waals surface area contributed by atoms with Crippen molar-refractivity contribution in [1.82, 2.24) is 5.32 Å². The Morgan fingerprint density at radius 3 is 2.67 bits per heavy atom. The van der Waals surface area contributed by atoms with Gasteiger partial charge in [-0.3, -0.25) is 0 Å². The lowest BCUT2D eigenvalue weighted by molar-refractivity contribution is 0.484. The van der Waals surface area contributed by atoms with Gasteiger partial charge in [0.05, 0.1) is 0 Å². The summed E-state index contributed by atoms with van der Waals surface area (Å²) in [5.74, 6) is 0. The van der Waals surface area contributed by atoms with Gasteiger partial charge in [0, 0.05) is 16.2 Å². The summed E-state index contributed by atoms with van der Waals surface area (Å²) in [5, 5.41) is 4.32. The van der Waals surface area contributed by atoms with Gasteiger partial charge < -0.3 is 5.32 Å². The SMILES string of the molecule is CCNC1c2ccccc2CCC1Sc1ccccc1C. The molecule has 0 saturated carbocycles. The quantitative estimate of drug-likeness (QED) is 0.874. The Kier molecular flexibility index (Phi) is 4.67. The molecule has 1 nitrogen and oxygen atoms in total. The minimum absolute atomic E-state index is 0.463. The molecule has 0 aromatic heterocycles. The second-order valence-electron chi connectivity index (χ2n) is 5.69.